The Hall–Kier alpha value is -0.340. The van der Waals surface area contributed by atoms with E-state index < -0.39 is 0 Å². The molecule has 2 heteroatoms. The highest BCUT2D eigenvalue weighted by molar-refractivity contribution is 5.00. The second-order valence-corrected chi connectivity index (χ2v) is 3.89. The summed E-state index contributed by atoms with van der Waals surface area (Å²) in [5.41, 5.74) is 0. The lowest BCUT2D eigenvalue weighted by Gasteiger charge is -2.38. The Morgan fingerprint density at radius 2 is 2.08 bits per heavy atom. The summed E-state index contributed by atoms with van der Waals surface area (Å²) in [6, 6.07) is 1.53. The van der Waals surface area contributed by atoms with E-state index in [-0.39, 0.29) is 0 Å². The summed E-state index contributed by atoms with van der Waals surface area (Å²) in [5.74, 6) is 0. The van der Waals surface area contributed by atoms with Gasteiger partial charge in [0.1, 0.15) is 0 Å². The Morgan fingerprint density at radius 3 is 2.75 bits per heavy atom. The van der Waals surface area contributed by atoms with E-state index >= 15 is 0 Å². The van der Waals surface area contributed by atoms with Crippen LogP contribution in [0.25, 0.3) is 0 Å². The maximum atomic E-state index is 3.43. The first-order chi connectivity index (χ1) is 5.88. The zero-order valence-electron chi connectivity index (χ0n) is 7.79. The molecular formula is C10H18N2. The number of nitrogens with zero attached hydrogens (tertiary/aromatic N) is 1. The van der Waals surface area contributed by atoms with E-state index in [9.17, 15) is 0 Å². The van der Waals surface area contributed by atoms with Crippen LogP contribution < -0.4 is 5.32 Å². The summed E-state index contributed by atoms with van der Waals surface area (Å²) in [7, 11) is 0. The van der Waals surface area contributed by atoms with Crippen LogP contribution in [-0.2, 0) is 0 Å². The first-order valence-corrected chi connectivity index (χ1v) is 4.99. The van der Waals surface area contributed by atoms with Gasteiger partial charge >= 0.3 is 0 Å². The zero-order valence-corrected chi connectivity index (χ0v) is 7.79. The van der Waals surface area contributed by atoms with Crippen molar-refractivity contribution < 1.29 is 0 Å². The zero-order chi connectivity index (χ0) is 8.39. The van der Waals surface area contributed by atoms with Gasteiger partial charge in [0.05, 0.1) is 0 Å². The molecule has 1 aliphatic carbocycles. The fourth-order valence-corrected chi connectivity index (χ4v) is 2.27. The van der Waals surface area contributed by atoms with E-state index in [4.69, 9.17) is 0 Å². The second kappa shape index (κ2) is 3.58. The van der Waals surface area contributed by atoms with Crippen LogP contribution in [0.1, 0.15) is 19.8 Å². The number of hydrogen-bond acceptors (Lipinski definition) is 2. The van der Waals surface area contributed by atoms with Crippen LogP contribution in [0, 0.1) is 0 Å². The van der Waals surface area contributed by atoms with Crippen molar-refractivity contribution in [3.05, 3.63) is 12.2 Å². The Labute approximate surface area is 74.6 Å². The molecule has 0 spiro atoms. The molecule has 1 saturated heterocycles. The maximum Gasteiger partial charge on any atom is 0.0196 e. The maximum absolute atomic E-state index is 3.43. The number of nitrogens with one attached hydrogen (secondary N) is 1. The molecule has 2 nitrogen and oxygen atoms in total. The predicted molar refractivity (Wildman–Crippen MR) is 51.2 cm³/mol. The van der Waals surface area contributed by atoms with Gasteiger partial charge in [-0.3, -0.25) is 4.90 Å². The second-order valence-electron chi connectivity index (χ2n) is 3.89. The smallest absolute Gasteiger partial charge is 0.0196 e. The van der Waals surface area contributed by atoms with Crippen molar-refractivity contribution >= 4 is 0 Å². The molecule has 1 fully saturated rings. The van der Waals surface area contributed by atoms with Gasteiger partial charge in [0.2, 0.25) is 0 Å². The lowest BCUT2D eigenvalue weighted by molar-refractivity contribution is 0.122. The van der Waals surface area contributed by atoms with Gasteiger partial charge in [-0.1, -0.05) is 12.2 Å². The third-order valence-corrected chi connectivity index (χ3v) is 3.00. The third kappa shape index (κ3) is 1.54. The minimum Gasteiger partial charge on any atom is -0.314 e. The summed E-state index contributed by atoms with van der Waals surface area (Å²) in [6.07, 6.45) is 7.17. The fourth-order valence-electron chi connectivity index (χ4n) is 2.27. The van der Waals surface area contributed by atoms with Gasteiger partial charge in [0.25, 0.3) is 0 Å². The average molecular weight is 166 g/mol. The van der Waals surface area contributed by atoms with Crippen LogP contribution in [0.15, 0.2) is 12.2 Å². The molecule has 0 aromatic carbocycles. The molecule has 2 aliphatic rings. The van der Waals surface area contributed by atoms with Gasteiger partial charge < -0.3 is 5.32 Å². The summed E-state index contributed by atoms with van der Waals surface area (Å²) in [6.45, 7) is 5.88. The molecule has 0 aromatic heterocycles. The molecule has 1 atom stereocenters. The Kier molecular flexibility index (Phi) is 2.47. The molecule has 1 aliphatic heterocycles. The largest absolute Gasteiger partial charge is 0.314 e. The van der Waals surface area contributed by atoms with Gasteiger partial charge in [0, 0.05) is 31.7 Å². The van der Waals surface area contributed by atoms with Crippen molar-refractivity contribution in [3.8, 4) is 0 Å². The molecule has 1 N–H and O–H groups in total. The first-order valence-electron chi connectivity index (χ1n) is 4.99. The summed E-state index contributed by atoms with van der Waals surface area (Å²) >= 11 is 0. The van der Waals surface area contributed by atoms with Gasteiger partial charge in [-0.25, -0.2) is 0 Å². The van der Waals surface area contributed by atoms with Crippen LogP contribution in [0.2, 0.25) is 0 Å². The lowest BCUT2D eigenvalue weighted by atomic mass is 10.1. The van der Waals surface area contributed by atoms with E-state index in [1.54, 1.807) is 0 Å². The molecule has 2 rings (SSSR count). The van der Waals surface area contributed by atoms with Crippen LogP contribution >= 0.6 is 0 Å². The first kappa shape index (κ1) is 8.27. The van der Waals surface area contributed by atoms with Crippen LogP contribution in [0.4, 0.5) is 0 Å². The summed E-state index contributed by atoms with van der Waals surface area (Å²) in [5, 5.41) is 3.43. The molecule has 0 amide bonds. The molecule has 68 valence electrons. The van der Waals surface area contributed by atoms with Crippen molar-refractivity contribution in [1.82, 2.24) is 10.2 Å². The number of rotatable bonds is 1. The molecule has 12 heavy (non-hydrogen) atoms. The van der Waals surface area contributed by atoms with E-state index in [1.807, 2.05) is 0 Å². The van der Waals surface area contributed by atoms with Crippen LogP contribution in [-0.4, -0.2) is 36.6 Å². The normalized spacial score (nSPS) is 32.9. The van der Waals surface area contributed by atoms with Crippen molar-refractivity contribution in [2.45, 2.75) is 31.8 Å². The quantitative estimate of drug-likeness (QED) is 0.585. The number of hydrogen-bond donors (Lipinski definition) is 1. The Balaban J connectivity index is 1.92. The molecule has 0 radical (unpaired) electrons. The van der Waals surface area contributed by atoms with Gasteiger partial charge in [0.15, 0.2) is 0 Å². The fraction of sp³-hybridized carbons (Fsp3) is 0.800. The number of piperazine rings is 1. The van der Waals surface area contributed by atoms with Gasteiger partial charge in [-0.05, 0) is 19.8 Å². The Bertz CT molecular complexity index is 169. The predicted octanol–water partition coefficient (Wildman–Crippen LogP) is 0.999. The van der Waals surface area contributed by atoms with E-state index in [1.165, 1.54) is 25.9 Å². The highest BCUT2D eigenvalue weighted by Crippen LogP contribution is 2.19. The average Bonchev–Trinajstić information content (AvgIpc) is 2.57. The summed E-state index contributed by atoms with van der Waals surface area (Å²) in [4.78, 5) is 2.65. The SMILES string of the molecule is CC1CNCCN1C1CC=CC1. The lowest BCUT2D eigenvalue weighted by Crippen LogP contribution is -2.53. The van der Waals surface area contributed by atoms with E-state index in [0.29, 0.717) is 0 Å². The van der Waals surface area contributed by atoms with Gasteiger partial charge in [-0.15, -0.1) is 0 Å². The van der Waals surface area contributed by atoms with Gasteiger partial charge in [-0.2, -0.15) is 0 Å². The highest BCUT2D eigenvalue weighted by Gasteiger charge is 2.25. The van der Waals surface area contributed by atoms with Crippen molar-refractivity contribution in [1.29, 1.82) is 0 Å². The molecule has 0 aromatic rings. The minimum absolute atomic E-state index is 0.726. The standard InChI is InChI=1S/C10H18N2/c1-9-8-11-6-7-12(9)10-4-2-3-5-10/h2-3,9-11H,4-8H2,1H3. The Morgan fingerprint density at radius 1 is 1.33 bits per heavy atom. The van der Waals surface area contributed by atoms with Crippen molar-refractivity contribution in [2.75, 3.05) is 19.6 Å². The van der Waals surface area contributed by atoms with E-state index in [0.717, 1.165) is 18.6 Å². The topological polar surface area (TPSA) is 15.3 Å². The summed E-state index contributed by atoms with van der Waals surface area (Å²) < 4.78 is 0. The monoisotopic (exact) mass is 166 g/mol. The molecule has 1 unspecified atom stereocenters. The molecule has 1 heterocycles. The highest BCUT2D eigenvalue weighted by atomic mass is 15.2. The van der Waals surface area contributed by atoms with Crippen LogP contribution in [0.5, 0.6) is 0 Å². The molecular weight excluding hydrogens is 148 g/mol. The third-order valence-electron chi connectivity index (χ3n) is 3.00. The molecule has 0 bridgehead atoms. The molecule has 0 saturated carbocycles. The van der Waals surface area contributed by atoms with E-state index in [2.05, 4.69) is 29.3 Å². The van der Waals surface area contributed by atoms with Crippen molar-refractivity contribution in [2.24, 2.45) is 0 Å². The van der Waals surface area contributed by atoms with Crippen molar-refractivity contribution in [3.63, 3.8) is 0 Å². The van der Waals surface area contributed by atoms with Crippen LogP contribution in [0.3, 0.4) is 0 Å². The minimum atomic E-state index is 0.726.